The molecule has 2 atom stereocenters. The number of benzene rings is 1. The number of hydrogen-bond acceptors (Lipinski definition) is 6. The number of alkyl carbamates (subject to hydrolysis) is 2. The third kappa shape index (κ3) is 10.7. The quantitative estimate of drug-likeness (QED) is 0.270. The molecule has 0 bridgehead atoms. The lowest BCUT2D eigenvalue weighted by molar-refractivity contribution is -0.140. The first kappa shape index (κ1) is 32.4. The van der Waals surface area contributed by atoms with Crippen LogP contribution in [-0.4, -0.2) is 55.9 Å². The van der Waals surface area contributed by atoms with Gasteiger partial charge in [-0.3, -0.25) is 0 Å². The Balaban J connectivity index is 3.09. The molecule has 1 aromatic carbocycles. The van der Waals surface area contributed by atoms with E-state index in [4.69, 9.17) is 13.9 Å². The van der Waals surface area contributed by atoms with Crippen molar-refractivity contribution in [2.24, 2.45) is 0 Å². The summed E-state index contributed by atoms with van der Waals surface area (Å²) >= 11 is 0. The van der Waals surface area contributed by atoms with Crippen LogP contribution in [0.4, 0.5) is 9.59 Å². The maximum absolute atomic E-state index is 12.5. The van der Waals surface area contributed by atoms with Crippen molar-refractivity contribution in [3.63, 3.8) is 0 Å². The molecule has 0 aromatic heterocycles. The molecule has 0 fully saturated rings. The van der Waals surface area contributed by atoms with Crippen molar-refractivity contribution in [2.45, 2.75) is 110 Å². The zero-order valence-electron chi connectivity index (χ0n) is 23.8. The predicted octanol–water partition coefficient (Wildman–Crippen LogP) is 5.84. The summed E-state index contributed by atoms with van der Waals surface area (Å²) in [5, 5.41) is 15.0. The monoisotopic (exact) mass is 538 g/mol. The first-order valence-electron chi connectivity index (χ1n) is 12.9. The smallest absolute Gasteiger partial charge is 0.408 e. The summed E-state index contributed by atoms with van der Waals surface area (Å²) in [5.74, 6) is -1.21. The number of carboxylic acid groups (broad SMARTS) is 1. The molecule has 10 heteroatoms. The van der Waals surface area contributed by atoms with Crippen LogP contribution in [0.3, 0.4) is 0 Å². The number of carboxylic acids is 1. The van der Waals surface area contributed by atoms with Crippen LogP contribution in [0.1, 0.15) is 74.3 Å². The summed E-state index contributed by atoms with van der Waals surface area (Å²) in [6.07, 6.45) is -2.17. The summed E-state index contributed by atoms with van der Waals surface area (Å²) in [6.45, 7) is 18.0. The molecule has 2 amide bonds. The average molecular weight is 539 g/mol. The molecule has 3 N–H and O–H groups in total. The fourth-order valence-electron chi connectivity index (χ4n) is 4.78. The van der Waals surface area contributed by atoms with Gasteiger partial charge in [-0.05, 0) is 43.0 Å². The molecular weight excluding hydrogens is 492 g/mol. The van der Waals surface area contributed by atoms with Crippen LogP contribution in [-0.2, 0) is 25.3 Å². The van der Waals surface area contributed by atoms with Crippen molar-refractivity contribution in [1.82, 2.24) is 10.6 Å². The Hall–Kier alpha value is -2.59. The van der Waals surface area contributed by atoms with Crippen LogP contribution in [0.15, 0.2) is 30.3 Å². The molecule has 210 valence electrons. The number of amides is 2. The second-order valence-electron chi connectivity index (χ2n) is 11.3. The molecule has 0 saturated heterocycles. The van der Waals surface area contributed by atoms with Gasteiger partial charge in [0.15, 0.2) is 0 Å². The minimum atomic E-state index is -2.44. The van der Waals surface area contributed by atoms with Gasteiger partial charge in [0.2, 0.25) is 8.32 Å². The van der Waals surface area contributed by atoms with Crippen molar-refractivity contribution in [3.05, 3.63) is 35.9 Å². The Morgan fingerprint density at radius 1 is 0.919 bits per heavy atom. The lowest BCUT2D eigenvalue weighted by Gasteiger charge is -2.45. The van der Waals surface area contributed by atoms with Crippen molar-refractivity contribution in [3.8, 4) is 0 Å². The van der Waals surface area contributed by atoms with Crippen molar-refractivity contribution >= 4 is 26.5 Å². The normalized spacial score (nSPS) is 13.8. The molecular formula is C27H46N2O7Si. The standard InChI is InChI=1S/C27H46N2O7Si/c1-18(2)37(19(3)4,20(5)6)36-22(15-23(24(30)31)29-26(33)35-27(7,8)9)16-28-25(32)34-17-21-13-11-10-12-14-21/h10-14,18-20,22-23H,15-17H2,1-9H3,(H,28,32)(H,29,33)(H,30,31)/t22-,23+/m0/s1. The largest absolute Gasteiger partial charge is 0.480 e. The third-order valence-electron chi connectivity index (χ3n) is 6.25. The van der Waals surface area contributed by atoms with Crippen LogP contribution in [0.2, 0.25) is 16.6 Å². The minimum Gasteiger partial charge on any atom is -0.480 e. The van der Waals surface area contributed by atoms with Gasteiger partial charge in [-0.25, -0.2) is 14.4 Å². The number of hydrogen-bond donors (Lipinski definition) is 3. The number of aliphatic carboxylic acids is 1. The number of carbonyl (C=O) groups excluding carboxylic acids is 2. The van der Waals surface area contributed by atoms with E-state index in [0.717, 1.165) is 5.56 Å². The Labute approximate surface area is 222 Å². The summed E-state index contributed by atoms with van der Waals surface area (Å²) in [4.78, 5) is 36.9. The lowest BCUT2D eigenvalue weighted by Crippen LogP contribution is -2.54. The van der Waals surface area contributed by atoms with Crippen LogP contribution < -0.4 is 10.6 Å². The third-order valence-corrected chi connectivity index (χ3v) is 12.4. The lowest BCUT2D eigenvalue weighted by atomic mass is 10.1. The van der Waals surface area contributed by atoms with Gasteiger partial charge in [0.05, 0.1) is 6.10 Å². The summed E-state index contributed by atoms with van der Waals surface area (Å²) in [6, 6.07) is 8.04. The SMILES string of the molecule is CC(C)[Si](O[C@H](CNC(=O)OCc1ccccc1)C[C@@H](NC(=O)OC(C)(C)C)C(=O)O)(C(C)C)C(C)C. The summed E-state index contributed by atoms with van der Waals surface area (Å²) in [5.41, 5.74) is 0.789. The minimum absolute atomic E-state index is 0.0360. The molecule has 9 nitrogen and oxygen atoms in total. The fraction of sp³-hybridized carbons (Fsp3) is 0.667. The molecule has 37 heavy (non-hydrogen) atoms. The maximum Gasteiger partial charge on any atom is 0.408 e. The highest BCUT2D eigenvalue weighted by Gasteiger charge is 2.47. The van der Waals surface area contributed by atoms with Gasteiger partial charge in [0, 0.05) is 13.0 Å². The van der Waals surface area contributed by atoms with E-state index in [9.17, 15) is 19.5 Å². The highest BCUT2D eigenvalue weighted by Crippen LogP contribution is 2.43. The second kappa shape index (κ2) is 14.4. The molecule has 0 radical (unpaired) electrons. The van der Waals surface area contributed by atoms with E-state index < -0.39 is 44.2 Å². The number of nitrogens with one attached hydrogen (secondary N) is 2. The molecule has 0 aliphatic heterocycles. The Kier molecular flexibility index (Phi) is 12.6. The highest BCUT2D eigenvalue weighted by molar-refractivity contribution is 6.77. The summed E-state index contributed by atoms with van der Waals surface area (Å²) < 4.78 is 17.4. The zero-order valence-corrected chi connectivity index (χ0v) is 24.8. The van der Waals surface area contributed by atoms with Crippen LogP contribution >= 0.6 is 0 Å². The van der Waals surface area contributed by atoms with Crippen LogP contribution in [0.5, 0.6) is 0 Å². The molecule has 0 aliphatic carbocycles. The van der Waals surface area contributed by atoms with E-state index in [0.29, 0.717) is 0 Å². The van der Waals surface area contributed by atoms with Gasteiger partial charge >= 0.3 is 18.2 Å². The first-order chi connectivity index (χ1) is 17.1. The van der Waals surface area contributed by atoms with Gasteiger partial charge in [-0.2, -0.15) is 0 Å². The Morgan fingerprint density at radius 2 is 1.46 bits per heavy atom. The van der Waals surface area contributed by atoms with E-state index >= 15 is 0 Å². The van der Waals surface area contributed by atoms with Gasteiger partial charge in [-0.15, -0.1) is 0 Å². The molecule has 0 heterocycles. The van der Waals surface area contributed by atoms with E-state index in [1.165, 1.54) is 0 Å². The predicted molar refractivity (Wildman–Crippen MR) is 146 cm³/mol. The van der Waals surface area contributed by atoms with E-state index in [-0.39, 0.29) is 36.2 Å². The van der Waals surface area contributed by atoms with E-state index in [1.54, 1.807) is 20.8 Å². The Morgan fingerprint density at radius 3 is 1.92 bits per heavy atom. The van der Waals surface area contributed by atoms with Crippen molar-refractivity contribution < 1.29 is 33.4 Å². The molecule has 0 unspecified atom stereocenters. The van der Waals surface area contributed by atoms with Crippen LogP contribution in [0.25, 0.3) is 0 Å². The maximum atomic E-state index is 12.5. The molecule has 0 aliphatic rings. The number of rotatable bonds is 13. The van der Waals surface area contributed by atoms with Crippen molar-refractivity contribution in [2.75, 3.05) is 6.54 Å². The molecule has 1 aromatic rings. The zero-order chi connectivity index (χ0) is 28.4. The highest BCUT2D eigenvalue weighted by atomic mass is 28.4. The Bertz CT molecular complexity index is 847. The topological polar surface area (TPSA) is 123 Å². The number of carbonyl (C=O) groups is 3. The van der Waals surface area contributed by atoms with Gasteiger partial charge in [-0.1, -0.05) is 71.9 Å². The van der Waals surface area contributed by atoms with Crippen molar-refractivity contribution in [1.29, 1.82) is 0 Å². The average Bonchev–Trinajstić information content (AvgIpc) is 2.77. The second-order valence-corrected chi connectivity index (χ2v) is 16.7. The van der Waals surface area contributed by atoms with Gasteiger partial charge in [0.25, 0.3) is 0 Å². The first-order valence-corrected chi connectivity index (χ1v) is 15.1. The van der Waals surface area contributed by atoms with E-state index in [1.807, 2.05) is 30.3 Å². The van der Waals surface area contributed by atoms with E-state index in [2.05, 4.69) is 52.2 Å². The fourth-order valence-corrected chi connectivity index (χ4v) is 10.3. The molecule has 0 saturated carbocycles. The van der Waals surface area contributed by atoms with Gasteiger partial charge in [0.1, 0.15) is 18.2 Å². The van der Waals surface area contributed by atoms with Gasteiger partial charge < -0.3 is 29.6 Å². The number of ether oxygens (including phenoxy) is 2. The van der Waals surface area contributed by atoms with Crippen LogP contribution in [0, 0.1) is 0 Å². The summed E-state index contributed by atoms with van der Waals surface area (Å²) in [7, 11) is -2.44. The molecule has 0 spiro atoms. The molecule has 1 rings (SSSR count).